The molecule has 0 atom stereocenters. The molecule has 6 heteroatoms. The topological polar surface area (TPSA) is 78.7 Å². The minimum absolute atomic E-state index is 0.0627. The molecular weight excluding hydrogens is 322 g/mol. The predicted octanol–water partition coefficient (Wildman–Crippen LogP) is 3.92. The van der Waals surface area contributed by atoms with Crippen molar-refractivity contribution in [3.8, 4) is 5.75 Å². The van der Waals surface area contributed by atoms with Crippen LogP contribution in [-0.2, 0) is 22.6 Å². The summed E-state index contributed by atoms with van der Waals surface area (Å²) >= 11 is 0. The van der Waals surface area contributed by atoms with Crippen molar-refractivity contribution >= 4 is 11.7 Å². The Balaban J connectivity index is 1.93. The molecule has 0 aliphatic rings. The van der Waals surface area contributed by atoms with Crippen LogP contribution in [0.4, 0.5) is 5.69 Å². The molecule has 2 aromatic carbocycles. The summed E-state index contributed by atoms with van der Waals surface area (Å²) < 4.78 is 10.6. The van der Waals surface area contributed by atoms with Crippen molar-refractivity contribution in [3.05, 3.63) is 69.8 Å². The van der Waals surface area contributed by atoms with Gasteiger partial charge in [-0.2, -0.15) is 0 Å². The number of nitro benzene ring substituents is 1. The lowest BCUT2D eigenvalue weighted by molar-refractivity contribution is -0.385. The fourth-order valence-corrected chi connectivity index (χ4v) is 2.36. The van der Waals surface area contributed by atoms with Gasteiger partial charge in [0.25, 0.3) is 5.69 Å². The first-order valence-corrected chi connectivity index (χ1v) is 8.05. The largest absolute Gasteiger partial charge is 0.482 e. The summed E-state index contributed by atoms with van der Waals surface area (Å²) in [6.45, 7) is 3.91. The summed E-state index contributed by atoms with van der Waals surface area (Å²) in [5, 5.41) is 11.1. The Labute approximate surface area is 146 Å². The molecule has 0 amide bonds. The maximum atomic E-state index is 11.8. The summed E-state index contributed by atoms with van der Waals surface area (Å²) in [7, 11) is 0. The van der Waals surface area contributed by atoms with Crippen LogP contribution in [0.3, 0.4) is 0 Å². The van der Waals surface area contributed by atoms with Crippen LogP contribution in [0, 0.1) is 16.0 Å². The number of benzene rings is 2. The normalized spacial score (nSPS) is 10.5. The van der Waals surface area contributed by atoms with Crippen molar-refractivity contribution in [1.29, 1.82) is 0 Å². The Morgan fingerprint density at radius 1 is 1.16 bits per heavy atom. The Hall–Kier alpha value is -2.89. The van der Waals surface area contributed by atoms with E-state index in [9.17, 15) is 14.9 Å². The van der Waals surface area contributed by atoms with Gasteiger partial charge in [0.2, 0.25) is 0 Å². The van der Waals surface area contributed by atoms with Gasteiger partial charge in [-0.25, -0.2) is 4.79 Å². The van der Waals surface area contributed by atoms with E-state index in [4.69, 9.17) is 9.47 Å². The number of carbonyl (C=O) groups excluding carboxylic acids is 1. The number of hydrogen-bond donors (Lipinski definition) is 0. The zero-order valence-corrected chi connectivity index (χ0v) is 14.3. The number of carbonyl (C=O) groups is 1. The average Bonchev–Trinajstić information content (AvgIpc) is 2.58. The highest BCUT2D eigenvalue weighted by Gasteiger charge is 2.16. The van der Waals surface area contributed by atoms with Gasteiger partial charge in [0, 0.05) is 11.6 Å². The summed E-state index contributed by atoms with van der Waals surface area (Å²) in [4.78, 5) is 22.5. The second kappa shape index (κ2) is 8.82. The van der Waals surface area contributed by atoms with Crippen LogP contribution in [0.25, 0.3) is 0 Å². The van der Waals surface area contributed by atoms with Crippen LogP contribution in [0.2, 0.25) is 0 Å². The number of nitrogens with zero attached hydrogens (tertiary/aromatic N) is 1. The molecule has 0 saturated heterocycles. The van der Waals surface area contributed by atoms with Crippen LogP contribution >= 0.6 is 0 Å². The van der Waals surface area contributed by atoms with E-state index in [0.717, 1.165) is 5.56 Å². The van der Waals surface area contributed by atoms with Gasteiger partial charge in [0.05, 0.1) is 4.92 Å². The second-order valence-electron chi connectivity index (χ2n) is 6.08. The molecule has 132 valence electrons. The molecule has 2 rings (SSSR count). The first-order valence-electron chi connectivity index (χ1n) is 8.05. The zero-order valence-electron chi connectivity index (χ0n) is 14.3. The summed E-state index contributed by atoms with van der Waals surface area (Å²) in [6.07, 6.45) is 0.561. The van der Waals surface area contributed by atoms with Gasteiger partial charge in [-0.05, 0) is 30.0 Å². The van der Waals surface area contributed by atoms with Crippen molar-refractivity contribution in [1.82, 2.24) is 0 Å². The molecular formula is C19H21NO5. The minimum Gasteiger partial charge on any atom is -0.482 e. The third kappa shape index (κ3) is 5.91. The van der Waals surface area contributed by atoms with E-state index in [1.807, 2.05) is 44.2 Å². The monoisotopic (exact) mass is 343 g/mol. The van der Waals surface area contributed by atoms with E-state index in [2.05, 4.69) is 0 Å². The maximum Gasteiger partial charge on any atom is 0.344 e. The van der Waals surface area contributed by atoms with E-state index < -0.39 is 10.9 Å². The predicted molar refractivity (Wildman–Crippen MR) is 93.4 cm³/mol. The number of rotatable bonds is 8. The van der Waals surface area contributed by atoms with Crippen LogP contribution in [0.1, 0.15) is 25.0 Å². The first-order chi connectivity index (χ1) is 12.0. The molecule has 0 N–H and O–H groups in total. The van der Waals surface area contributed by atoms with Gasteiger partial charge in [0.15, 0.2) is 6.61 Å². The van der Waals surface area contributed by atoms with E-state index in [0.29, 0.717) is 17.7 Å². The molecule has 0 heterocycles. The van der Waals surface area contributed by atoms with Crippen LogP contribution < -0.4 is 4.74 Å². The molecule has 0 radical (unpaired) electrons. The molecule has 0 aliphatic carbocycles. The number of esters is 1. The molecule has 2 aromatic rings. The highest BCUT2D eigenvalue weighted by atomic mass is 16.6. The SMILES string of the molecule is CC(C)Cc1cc(OCC(=O)OCc2ccccc2)ccc1[N+](=O)[O-]. The molecule has 0 aromatic heterocycles. The first kappa shape index (κ1) is 18.4. The second-order valence-corrected chi connectivity index (χ2v) is 6.08. The molecule has 6 nitrogen and oxygen atoms in total. The van der Waals surface area contributed by atoms with Crippen LogP contribution in [-0.4, -0.2) is 17.5 Å². The molecule has 0 aliphatic heterocycles. The van der Waals surface area contributed by atoms with Crippen molar-refractivity contribution in [3.63, 3.8) is 0 Å². The lowest BCUT2D eigenvalue weighted by atomic mass is 10.0. The molecule has 25 heavy (non-hydrogen) atoms. The van der Waals surface area contributed by atoms with E-state index in [1.165, 1.54) is 12.1 Å². The number of nitro groups is 1. The van der Waals surface area contributed by atoms with Crippen molar-refractivity contribution in [2.45, 2.75) is 26.9 Å². The Kier molecular flexibility index (Phi) is 6.51. The van der Waals surface area contributed by atoms with Gasteiger partial charge in [-0.3, -0.25) is 10.1 Å². The lowest BCUT2D eigenvalue weighted by Crippen LogP contribution is -2.15. The molecule has 0 bridgehead atoms. The van der Waals surface area contributed by atoms with Gasteiger partial charge >= 0.3 is 5.97 Å². The maximum absolute atomic E-state index is 11.8. The Morgan fingerprint density at radius 3 is 2.52 bits per heavy atom. The Bertz CT molecular complexity index is 728. The van der Waals surface area contributed by atoms with Gasteiger partial charge in [0.1, 0.15) is 12.4 Å². The molecule has 0 fully saturated rings. The third-order valence-corrected chi connectivity index (χ3v) is 3.48. The minimum atomic E-state index is -0.493. The summed E-state index contributed by atoms with van der Waals surface area (Å²) in [5.74, 6) is 0.190. The van der Waals surface area contributed by atoms with Crippen LogP contribution in [0.15, 0.2) is 48.5 Å². The van der Waals surface area contributed by atoms with Gasteiger partial charge < -0.3 is 9.47 Å². The summed E-state index contributed by atoms with van der Waals surface area (Å²) in [5.41, 5.74) is 1.55. The molecule has 0 spiro atoms. The van der Waals surface area contributed by atoms with Crippen LogP contribution in [0.5, 0.6) is 5.75 Å². The standard InChI is InChI=1S/C19H21NO5/c1-14(2)10-16-11-17(8-9-18(16)20(22)23)24-13-19(21)25-12-15-6-4-3-5-7-15/h3-9,11,14H,10,12-13H2,1-2H3. The lowest BCUT2D eigenvalue weighted by Gasteiger charge is -2.10. The number of ether oxygens (including phenoxy) is 2. The Morgan fingerprint density at radius 2 is 1.88 bits per heavy atom. The van der Waals surface area contributed by atoms with E-state index >= 15 is 0 Å². The highest BCUT2D eigenvalue weighted by molar-refractivity contribution is 5.71. The number of hydrogen-bond acceptors (Lipinski definition) is 5. The highest BCUT2D eigenvalue weighted by Crippen LogP contribution is 2.26. The molecule has 0 saturated carbocycles. The zero-order chi connectivity index (χ0) is 18.2. The fourth-order valence-electron chi connectivity index (χ4n) is 2.36. The van der Waals surface area contributed by atoms with Crippen molar-refractivity contribution < 1.29 is 19.2 Å². The average molecular weight is 343 g/mol. The summed E-state index contributed by atoms with van der Waals surface area (Å²) in [6, 6.07) is 13.9. The molecule has 0 unspecified atom stereocenters. The quantitative estimate of drug-likeness (QED) is 0.412. The third-order valence-electron chi connectivity index (χ3n) is 3.48. The fraction of sp³-hybridized carbons (Fsp3) is 0.316. The van der Waals surface area contributed by atoms with Crippen molar-refractivity contribution in [2.24, 2.45) is 5.92 Å². The van der Waals surface area contributed by atoms with E-state index in [1.54, 1.807) is 6.07 Å². The van der Waals surface area contributed by atoms with E-state index in [-0.39, 0.29) is 24.8 Å². The van der Waals surface area contributed by atoms with Gasteiger partial charge in [-0.15, -0.1) is 0 Å². The van der Waals surface area contributed by atoms with Crippen molar-refractivity contribution in [2.75, 3.05) is 6.61 Å². The smallest absolute Gasteiger partial charge is 0.344 e. The van der Waals surface area contributed by atoms with Gasteiger partial charge in [-0.1, -0.05) is 44.2 Å².